The first-order chi connectivity index (χ1) is 8.37. The summed E-state index contributed by atoms with van der Waals surface area (Å²) in [5.74, 6) is 0. The highest BCUT2D eigenvalue weighted by atomic mass is 16.6. The lowest BCUT2D eigenvalue weighted by atomic mass is 10.2. The zero-order chi connectivity index (χ0) is 13.6. The molecule has 0 aliphatic carbocycles. The quantitative estimate of drug-likeness (QED) is 0.848. The molecule has 0 bridgehead atoms. The van der Waals surface area contributed by atoms with Crippen molar-refractivity contribution in [3.63, 3.8) is 0 Å². The number of alkyl carbamates (subject to hydrolysis) is 1. The number of amides is 1. The van der Waals surface area contributed by atoms with Crippen LogP contribution >= 0.6 is 0 Å². The number of aromatic amines is 1. The van der Waals surface area contributed by atoms with E-state index in [1.807, 2.05) is 0 Å². The SMILES string of the molecule is CC(C)(C)OC(=O)NCC=Cc1ccc(=O)[nH]n1. The van der Waals surface area contributed by atoms with E-state index < -0.39 is 11.7 Å². The van der Waals surface area contributed by atoms with Crippen molar-refractivity contribution in [1.29, 1.82) is 0 Å². The molecule has 1 heterocycles. The molecule has 0 saturated carbocycles. The van der Waals surface area contributed by atoms with Crippen molar-refractivity contribution in [2.45, 2.75) is 26.4 Å². The highest BCUT2D eigenvalue weighted by Gasteiger charge is 2.14. The molecule has 1 aromatic heterocycles. The van der Waals surface area contributed by atoms with Gasteiger partial charge in [-0.25, -0.2) is 9.89 Å². The van der Waals surface area contributed by atoms with Crippen LogP contribution in [0.3, 0.4) is 0 Å². The Bertz CT molecular complexity index is 466. The van der Waals surface area contributed by atoms with E-state index in [2.05, 4.69) is 15.5 Å². The molecule has 0 aliphatic rings. The Labute approximate surface area is 105 Å². The lowest BCUT2D eigenvalue weighted by Crippen LogP contribution is -2.32. The Balaban J connectivity index is 2.35. The first-order valence-electron chi connectivity index (χ1n) is 5.56. The van der Waals surface area contributed by atoms with Crippen LogP contribution in [-0.2, 0) is 4.74 Å². The number of ether oxygens (including phenoxy) is 1. The second kappa shape index (κ2) is 6.00. The molecule has 6 nitrogen and oxygen atoms in total. The van der Waals surface area contributed by atoms with Crippen molar-refractivity contribution < 1.29 is 9.53 Å². The Morgan fingerprint density at radius 3 is 2.78 bits per heavy atom. The van der Waals surface area contributed by atoms with Crippen LogP contribution < -0.4 is 10.9 Å². The van der Waals surface area contributed by atoms with Gasteiger partial charge in [-0.3, -0.25) is 4.79 Å². The number of nitrogens with zero attached hydrogens (tertiary/aromatic N) is 1. The highest BCUT2D eigenvalue weighted by molar-refractivity contribution is 5.68. The summed E-state index contributed by atoms with van der Waals surface area (Å²) in [4.78, 5) is 22.0. The molecule has 98 valence electrons. The second-order valence-corrected chi connectivity index (χ2v) is 4.63. The Hall–Kier alpha value is -2.11. The third kappa shape index (κ3) is 5.83. The van der Waals surface area contributed by atoms with E-state index in [4.69, 9.17) is 4.74 Å². The van der Waals surface area contributed by atoms with E-state index in [1.165, 1.54) is 6.07 Å². The van der Waals surface area contributed by atoms with Crippen LogP contribution in [0.2, 0.25) is 0 Å². The summed E-state index contributed by atoms with van der Waals surface area (Å²) >= 11 is 0. The van der Waals surface area contributed by atoms with Crippen LogP contribution in [0, 0.1) is 0 Å². The first kappa shape index (κ1) is 14.0. The summed E-state index contributed by atoms with van der Waals surface area (Å²) in [6.45, 7) is 5.72. The molecule has 1 amide bonds. The monoisotopic (exact) mass is 251 g/mol. The molecule has 0 aliphatic heterocycles. The number of carbonyl (C=O) groups is 1. The van der Waals surface area contributed by atoms with Gasteiger partial charge in [-0.2, -0.15) is 5.10 Å². The molecule has 0 saturated heterocycles. The standard InChI is InChI=1S/C12H17N3O3/c1-12(2,3)18-11(17)13-8-4-5-9-6-7-10(16)15-14-9/h4-7H,8H2,1-3H3,(H,13,17)(H,15,16). The average molecular weight is 251 g/mol. The lowest BCUT2D eigenvalue weighted by Gasteiger charge is -2.19. The molecular formula is C12H17N3O3. The predicted octanol–water partition coefficient (Wildman–Crippen LogP) is 1.31. The third-order valence-corrected chi connectivity index (χ3v) is 1.75. The minimum Gasteiger partial charge on any atom is -0.444 e. The Morgan fingerprint density at radius 1 is 1.50 bits per heavy atom. The minimum absolute atomic E-state index is 0.251. The highest BCUT2D eigenvalue weighted by Crippen LogP contribution is 2.06. The van der Waals surface area contributed by atoms with Crippen molar-refractivity contribution in [2.75, 3.05) is 6.54 Å². The lowest BCUT2D eigenvalue weighted by molar-refractivity contribution is 0.0534. The van der Waals surface area contributed by atoms with Gasteiger partial charge in [-0.1, -0.05) is 6.08 Å². The van der Waals surface area contributed by atoms with Crippen LogP contribution in [0.25, 0.3) is 6.08 Å². The average Bonchev–Trinajstić information content (AvgIpc) is 2.24. The van der Waals surface area contributed by atoms with Gasteiger partial charge in [0.25, 0.3) is 5.56 Å². The van der Waals surface area contributed by atoms with Crippen LogP contribution in [-0.4, -0.2) is 28.4 Å². The van der Waals surface area contributed by atoms with Gasteiger partial charge in [-0.05, 0) is 32.9 Å². The topological polar surface area (TPSA) is 84.1 Å². The van der Waals surface area contributed by atoms with Gasteiger partial charge >= 0.3 is 6.09 Å². The molecule has 0 radical (unpaired) electrons. The van der Waals surface area contributed by atoms with Gasteiger partial charge in [0.2, 0.25) is 0 Å². The molecule has 6 heteroatoms. The smallest absolute Gasteiger partial charge is 0.407 e. The molecule has 1 rings (SSSR count). The van der Waals surface area contributed by atoms with Crippen LogP contribution in [0.4, 0.5) is 4.79 Å². The van der Waals surface area contributed by atoms with Gasteiger partial charge in [0, 0.05) is 12.6 Å². The Morgan fingerprint density at radius 2 is 2.22 bits per heavy atom. The number of rotatable bonds is 3. The van der Waals surface area contributed by atoms with Crippen molar-refractivity contribution in [1.82, 2.24) is 15.5 Å². The molecule has 0 atom stereocenters. The number of carbonyl (C=O) groups excluding carboxylic acids is 1. The Kier molecular flexibility index (Phi) is 4.65. The first-order valence-corrected chi connectivity index (χ1v) is 5.56. The fraction of sp³-hybridized carbons (Fsp3) is 0.417. The van der Waals surface area contributed by atoms with E-state index in [-0.39, 0.29) is 5.56 Å². The van der Waals surface area contributed by atoms with E-state index in [9.17, 15) is 9.59 Å². The summed E-state index contributed by atoms with van der Waals surface area (Å²) in [7, 11) is 0. The van der Waals surface area contributed by atoms with Crippen molar-refractivity contribution in [2.24, 2.45) is 0 Å². The zero-order valence-corrected chi connectivity index (χ0v) is 10.7. The number of nitrogens with one attached hydrogen (secondary N) is 2. The fourth-order valence-electron chi connectivity index (χ4n) is 1.08. The van der Waals surface area contributed by atoms with Crippen LogP contribution in [0.5, 0.6) is 0 Å². The number of H-pyrrole nitrogens is 1. The van der Waals surface area contributed by atoms with Gasteiger partial charge < -0.3 is 10.1 Å². The molecule has 18 heavy (non-hydrogen) atoms. The molecule has 0 unspecified atom stereocenters. The molecule has 1 aromatic rings. The van der Waals surface area contributed by atoms with E-state index in [1.54, 1.807) is 39.0 Å². The maximum absolute atomic E-state index is 11.3. The zero-order valence-electron chi connectivity index (χ0n) is 10.7. The number of hydrogen-bond acceptors (Lipinski definition) is 4. The molecular weight excluding hydrogens is 234 g/mol. The van der Waals surface area contributed by atoms with E-state index in [0.29, 0.717) is 12.2 Å². The predicted molar refractivity (Wildman–Crippen MR) is 68.1 cm³/mol. The largest absolute Gasteiger partial charge is 0.444 e. The van der Waals surface area contributed by atoms with Crippen LogP contribution in [0.1, 0.15) is 26.5 Å². The summed E-state index contributed by atoms with van der Waals surface area (Å²) in [6, 6.07) is 2.97. The number of aromatic nitrogens is 2. The van der Waals surface area contributed by atoms with Crippen molar-refractivity contribution in [3.05, 3.63) is 34.3 Å². The van der Waals surface area contributed by atoms with Gasteiger partial charge in [-0.15, -0.1) is 0 Å². The maximum atomic E-state index is 11.3. The summed E-state index contributed by atoms with van der Waals surface area (Å²) in [5.41, 5.74) is -0.145. The maximum Gasteiger partial charge on any atom is 0.407 e. The summed E-state index contributed by atoms with van der Waals surface area (Å²) in [6.07, 6.45) is 2.93. The summed E-state index contributed by atoms with van der Waals surface area (Å²) in [5, 5.41) is 8.67. The molecule has 0 fully saturated rings. The minimum atomic E-state index is -0.506. The third-order valence-electron chi connectivity index (χ3n) is 1.75. The molecule has 0 spiro atoms. The van der Waals surface area contributed by atoms with E-state index >= 15 is 0 Å². The van der Waals surface area contributed by atoms with Gasteiger partial charge in [0.15, 0.2) is 0 Å². The van der Waals surface area contributed by atoms with Crippen molar-refractivity contribution >= 4 is 12.2 Å². The fourth-order valence-corrected chi connectivity index (χ4v) is 1.08. The van der Waals surface area contributed by atoms with Crippen LogP contribution in [0.15, 0.2) is 23.0 Å². The summed E-state index contributed by atoms with van der Waals surface area (Å²) < 4.78 is 5.06. The number of hydrogen-bond donors (Lipinski definition) is 2. The second-order valence-electron chi connectivity index (χ2n) is 4.63. The van der Waals surface area contributed by atoms with Crippen molar-refractivity contribution in [3.8, 4) is 0 Å². The molecule has 0 aromatic carbocycles. The normalized spacial score (nSPS) is 11.5. The van der Waals surface area contributed by atoms with E-state index in [0.717, 1.165) is 0 Å². The van der Waals surface area contributed by atoms with Gasteiger partial charge in [0.1, 0.15) is 5.60 Å². The van der Waals surface area contributed by atoms with Gasteiger partial charge in [0.05, 0.1) is 5.69 Å². The molecule has 2 N–H and O–H groups in total.